The Morgan fingerprint density at radius 3 is 2.50 bits per heavy atom. The molecule has 0 fully saturated rings. The first kappa shape index (κ1) is 12.5. The summed E-state index contributed by atoms with van der Waals surface area (Å²) in [6.45, 7) is 0. The largest absolute Gasteiger partial charge is 0.271 e. The Bertz CT molecular complexity index is 639. The van der Waals surface area contributed by atoms with E-state index in [4.69, 9.17) is 5.84 Å². The van der Waals surface area contributed by atoms with Crippen LogP contribution in [-0.4, -0.2) is 21.7 Å². The van der Waals surface area contributed by atoms with Gasteiger partial charge in [0.05, 0.1) is 11.6 Å². The molecule has 5 nitrogen and oxygen atoms in total. The summed E-state index contributed by atoms with van der Waals surface area (Å²) in [7, 11) is 0. The highest BCUT2D eigenvalue weighted by molar-refractivity contribution is 6.06. The van der Waals surface area contributed by atoms with Crippen molar-refractivity contribution in [1.29, 1.82) is 0 Å². The number of hydrazine groups is 1. The lowest BCUT2D eigenvalue weighted by atomic mass is 9.90. The highest BCUT2D eigenvalue weighted by Gasteiger charge is 2.31. The summed E-state index contributed by atoms with van der Waals surface area (Å²) in [4.78, 5) is 16.2. The standard InChI is InChI=1S/C15H14N4O/c16-19-15(20)13(11-6-8-17-9-7-11)10-14(18-19)12-4-2-1-3-5-12/h1-9,13H,10,16H2. The van der Waals surface area contributed by atoms with E-state index >= 15 is 0 Å². The molecular formula is C15H14N4O. The van der Waals surface area contributed by atoms with Crippen LogP contribution in [0.25, 0.3) is 0 Å². The van der Waals surface area contributed by atoms with Crippen LogP contribution in [0.4, 0.5) is 0 Å². The van der Waals surface area contributed by atoms with Gasteiger partial charge in [0.2, 0.25) is 0 Å². The zero-order chi connectivity index (χ0) is 13.9. The van der Waals surface area contributed by atoms with E-state index in [1.54, 1.807) is 12.4 Å². The number of hydrogen-bond acceptors (Lipinski definition) is 4. The van der Waals surface area contributed by atoms with Crippen molar-refractivity contribution in [3.8, 4) is 0 Å². The minimum absolute atomic E-state index is 0.198. The number of carbonyl (C=O) groups excluding carboxylic acids is 1. The lowest BCUT2D eigenvalue weighted by Gasteiger charge is -2.26. The highest BCUT2D eigenvalue weighted by Crippen LogP contribution is 2.27. The molecule has 1 aliphatic heterocycles. The van der Waals surface area contributed by atoms with E-state index in [-0.39, 0.29) is 11.8 Å². The van der Waals surface area contributed by atoms with Crippen molar-refractivity contribution >= 4 is 11.6 Å². The number of hydrazone groups is 1. The zero-order valence-electron chi connectivity index (χ0n) is 10.8. The first-order valence-corrected chi connectivity index (χ1v) is 6.37. The van der Waals surface area contributed by atoms with E-state index in [0.717, 1.165) is 22.0 Å². The molecule has 0 spiro atoms. The number of carbonyl (C=O) groups is 1. The van der Waals surface area contributed by atoms with E-state index in [1.165, 1.54) is 0 Å². The van der Waals surface area contributed by atoms with Crippen molar-refractivity contribution in [1.82, 2.24) is 10.1 Å². The molecule has 1 atom stereocenters. The molecule has 100 valence electrons. The number of nitrogens with two attached hydrogens (primary N) is 1. The van der Waals surface area contributed by atoms with Gasteiger partial charge in [0, 0.05) is 18.8 Å². The van der Waals surface area contributed by atoms with Gasteiger partial charge in [-0.2, -0.15) is 10.2 Å². The third-order valence-electron chi connectivity index (χ3n) is 3.37. The molecule has 1 aromatic heterocycles. The number of rotatable bonds is 2. The molecule has 2 aromatic rings. The summed E-state index contributed by atoms with van der Waals surface area (Å²) < 4.78 is 0. The van der Waals surface area contributed by atoms with Gasteiger partial charge in [-0.1, -0.05) is 30.3 Å². The first-order chi connectivity index (χ1) is 9.75. The van der Waals surface area contributed by atoms with E-state index in [9.17, 15) is 4.79 Å². The first-order valence-electron chi connectivity index (χ1n) is 6.37. The molecule has 1 amide bonds. The zero-order valence-corrected chi connectivity index (χ0v) is 10.8. The van der Waals surface area contributed by atoms with Gasteiger partial charge in [0.15, 0.2) is 0 Å². The third kappa shape index (κ3) is 2.31. The number of nitrogens with zero attached hydrogens (tertiary/aromatic N) is 3. The van der Waals surface area contributed by atoms with Gasteiger partial charge in [0.25, 0.3) is 5.91 Å². The minimum Gasteiger partial charge on any atom is -0.271 e. The molecule has 2 N–H and O–H groups in total. The summed E-state index contributed by atoms with van der Waals surface area (Å²) in [6.07, 6.45) is 3.90. The van der Waals surface area contributed by atoms with Crippen LogP contribution >= 0.6 is 0 Å². The summed E-state index contributed by atoms with van der Waals surface area (Å²) >= 11 is 0. The highest BCUT2D eigenvalue weighted by atomic mass is 16.2. The molecule has 1 unspecified atom stereocenters. The fraction of sp³-hybridized carbons (Fsp3) is 0.133. The molecule has 0 saturated heterocycles. The van der Waals surface area contributed by atoms with Gasteiger partial charge in [0.1, 0.15) is 0 Å². The van der Waals surface area contributed by atoms with Crippen LogP contribution in [0.2, 0.25) is 0 Å². The lowest BCUT2D eigenvalue weighted by Crippen LogP contribution is -2.41. The van der Waals surface area contributed by atoms with Crippen molar-refractivity contribution in [3.63, 3.8) is 0 Å². The molecule has 1 aliphatic rings. The van der Waals surface area contributed by atoms with Crippen LogP contribution in [0, 0.1) is 0 Å². The average Bonchev–Trinajstić information content (AvgIpc) is 2.51. The van der Waals surface area contributed by atoms with Crippen LogP contribution in [0.15, 0.2) is 60.0 Å². The van der Waals surface area contributed by atoms with E-state index in [2.05, 4.69) is 10.1 Å². The van der Waals surface area contributed by atoms with Crippen LogP contribution in [0.1, 0.15) is 23.5 Å². The summed E-state index contributed by atoms with van der Waals surface area (Å²) in [5.41, 5.74) is 2.70. The summed E-state index contributed by atoms with van der Waals surface area (Å²) in [5, 5.41) is 5.11. The van der Waals surface area contributed by atoms with Crippen molar-refractivity contribution in [2.45, 2.75) is 12.3 Å². The van der Waals surface area contributed by atoms with E-state index < -0.39 is 0 Å². The molecule has 0 bridgehead atoms. The molecular weight excluding hydrogens is 252 g/mol. The van der Waals surface area contributed by atoms with E-state index in [1.807, 2.05) is 42.5 Å². The third-order valence-corrected chi connectivity index (χ3v) is 3.37. The Labute approximate surface area is 116 Å². The van der Waals surface area contributed by atoms with Crippen molar-refractivity contribution in [2.75, 3.05) is 0 Å². The maximum absolute atomic E-state index is 12.2. The van der Waals surface area contributed by atoms with Gasteiger partial charge in [-0.3, -0.25) is 9.78 Å². The topological polar surface area (TPSA) is 71.6 Å². The lowest BCUT2D eigenvalue weighted by molar-refractivity contribution is -0.133. The second-order valence-corrected chi connectivity index (χ2v) is 4.63. The average molecular weight is 266 g/mol. The van der Waals surface area contributed by atoms with Crippen molar-refractivity contribution in [3.05, 3.63) is 66.0 Å². The van der Waals surface area contributed by atoms with E-state index in [0.29, 0.717) is 6.42 Å². The van der Waals surface area contributed by atoms with Gasteiger partial charge in [-0.15, -0.1) is 0 Å². The molecule has 1 aromatic carbocycles. The maximum Gasteiger partial charge on any atom is 0.265 e. The smallest absolute Gasteiger partial charge is 0.265 e. The molecule has 0 radical (unpaired) electrons. The number of amides is 1. The predicted molar refractivity (Wildman–Crippen MR) is 75.6 cm³/mol. The normalized spacial score (nSPS) is 18.9. The van der Waals surface area contributed by atoms with Crippen LogP contribution in [0.5, 0.6) is 0 Å². The second-order valence-electron chi connectivity index (χ2n) is 4.63. The number of benzene rings is 1. The van der Waals surface area contributed by atoms with Crippen LogP contribution in [-0.2, 0) is 4.79 Å². The fourth-order valence-corrected chi connectivity index (χ4v) is 2.32. The number of aromatic nitrogens is 1. The van der Waals surface area contributed by atoms with Gasteiger partial charge < -0.3 is 0 Å². The van der Waals surface area contributed by atoms with Crippen molar-refractivity contribution < 1.29 is 4.79 Å². The van der Waals surface area contributed by atoms with Crippen molar-refractivity contribution in [2.24, 2.45) is 10.9 Å². The molecule has 2 heterocycles. The molecule has 20 heavy (non-hydrogen) atoms. The molecule has 5 heteroatoms. The van der Waals surface area contributed by atoms with Gasteiger partial charge in [-0.05, 0) is 23.3 Å². The molecule has 3 rings (SSSR count). The predicted octanol–water partition coefficient (Wildman–Crippen LogP) is 1.68. The number of hydrogen-bond donors (Lipinski definition) is 1. The molecule has 0 aliphatic carbocycles. The van der Waals surface area contributed by atoms with Gasteiger partial charge in [-0.25, -0.2) is 5.84 Å². The maximum atomic E-state index is 12.2. The number of pyridine rings is 1. The summed E-state index contributed by atoms with van der Waals surface area (Å²) in [5.74, 6) is 5.21. The quantitative estimate of drug-likeness (QED) is 0.664. The minimum atomic E-state index is -0.310. The fourth-order valence-electron chi connectivity index (χ4n) is 2.32. The molecule has 0 saturated carbocycles. The SMILES string of the molecule is NN1N=C(c2ccccc2)CC(c2ccncc2)C1=O. The Kier molecular flexibility index (Phi) is 3.26. The Balaban J connectivity index is 1.96. The summed E-state index contributed by atoms with van der Waals surface area (Å²) in [6, 6.07) is 13.4. The van der Waals surface area contributed by atoms with Crippen LogP contribution in [0.3, 0.4) is 0 Å². The van der Waals surface area contributed by atoms with Gasteiger partial charge >= 0.3 is 0 Å². The Hall–Kier alpha value is -2.53. The Morgan fingerprint density at radius 1 is 1.10 bits per heavy atom. The van der Waals surface area contributed by atoms with Crippen LogP contribution < -0.4 is 5.84 Å². The monoisotopic (exact) mass is 266 g/mol. The second kappa shape index (κ2) is 5.22. The Morgan fingerprint density at radius 2 is 1.80 bits per heavy atom.